The van der Waals surface area contributed by atoms with Crippen LogP contribution in [0.3, 0.4) is 0 Å². The first-order valence-corrected chi connectivity index (χ1v) is 8.00. The Morgan fingerprint density at radius 3 is 1.85 bits per heavy atom. The normalized spacial score (nSPS) is 10.1. The lowest BCUT2D eigenvalue weighted by Gasteiger charge is -2.10. The lowest BCUT2D eigenvalue weighted by Crippen LogP contribution is -2.05. The van der Waals surface area contributed by atoms with Crippen LogP contribution in [0.1, 0.15) is 6.92 Å². The average molecular weight is 349 g/mol. The molecule has 1 aromatic heterocycles. The van der Waals surface area contributed by atoms with E-state index >= 15 is 0 Å². The summed E-state index contributed by atoms with van der Waals surface area (Å²) in [5.41, 5.74) is 2.50. The highest BCUT2D eigenvalue weighted by atomic mass is 16.5. The molecule has 3 aromatic rings. The van der Waals surface area contributed by atoms with E-state index in [1.54, 1.807) is 7.11 Å². The van der Waals surface area contributed by atoms with Crippen molar-refractivity contribution >= 4 is 34.6 Å². The van der Waals surface area contributed by atoms with E-state index in [1.165, 1.54) is 13.3 Å². The van der Waals surface area contributed by atoms with Crippen molar-refractivity contribution in [2.75, 3.05) is 23.1 Å². The number of amides is 1. The van der Waals surface area contributed by atoms with E-state index in [0.717, 1.165) is 22.8 Å². The van der Waals surface area contributed by atoms with Gasteiger partial charge in [-0.1, -0.05) is 0 Å². The van der Waals surface area contributed by atoms with E-state index < -0.39 is 0 Å². The number of rotatable bonds is 6. The fourth-order valence-corrected chi connectivity index (χ4v) is 2.30. The molecule has 0 radical (unpaired) electrons. The van der Waals surface area contributed by atoms with Crippen molar-refractivity contribution in [3.05, 3.63) is 60.9 Å². The van der Waals surface area contributed by atoms with Gasteiger partial charge in [0.15, 0.2) is 0 Å². The maximum atomic E-state index is 11.1. The van der Waals surface area contributed by atoms with E-state index in [4.69, 9.17) is 4.74 Å². The third kappa shape index (κ3) is 4.70. The number of hydrogen-bond acceptors (Lipinski definition) is 6. The Labute approximate surface area is 151 Å². The Kier molecular flexibility index (Phi) is 5.28. The van der Waals surface area contributed by atoms with E-state index in [1.807, 2.05) is 54.6 Å². The summed E-state index contributed by atoms with van der Waals surface area (Å²) in [6.07, 6.45) is 1.49. The highest BCUT2D eigenvalue weighted by molar-refractivity contribution is 5.88. The molecule has 1 amide bonds. The van der Waals surface area contributed by atoms with Gasteiger partial charge in [0.05, 0.1) is 7.11 Å². The summed E-state index contributed by atoms with van der Waals surface area (Å²) in [6, 6.07) is 16.8. The summed E-state index contributed by atoms with van der Waals surface area (Å²) in [5.74, 6) is 2.02. The molecule has 0 unspecified atom stereocenters. The van der Waals surface area contributed by atoms with Crippen molar-refractivity contribution in [1.82, 2.24) is 9.97 Å². The Morgan fingerprint density at radius 2 is 1.35 bits per heavy atom. The molecule has 0 fully saturated rings. The number of hydrogen-bond donors (Lipinski definition) is 3. The fourth-order valence-electron chi connectivity index (χ4n) is 2.30. The van der Waals surface area contributed by atoms with Crippen molar-refractivity contribution in [1.29, 1.82) is 0 Å². The summed E-state index contributed by atoms with van der Waals surface area (Å²) in [5, 5.41) is 9.15. The Morgan fingerprint density at radius 1 is 0.846 bits per heavy atom. The van der Waals surface area contributed by atoms with Crippen molar-refractivity contribution in [2.45, 2.75) is 6.92 Å². The third-order valence-corrected chi connectivity index (χ3v) is 3.51. The maximum absolute atomic E-state index is 11.1. The summed E-state index contributed by atoms with van der Waals surface area (Å²) < 4.78 is 5.15. The first-order valence-electron chi connectivity index (χ1n) is 8.00. The molecule has 3 rings (SSSR count). The molecular weight excluding hydrogens is 330 g/mol. The molecule has 7 nitrogen and oxygen atoms in total. The predicted molar refractivity (Wildman–Crippen MR) is 102 cm³/mol. The van der Waals surface area contributed by atoms with Gasteiger partial charge in [-0.3, -0.25) is 4.79 Å². The second-order valence-corrected chi connectivity index (χ2v) is 5.53. The minimum absolute atomic E-state index is 0.101. The average Bonchev–Trinajstić information content (AvgIpc) is 2.64. The molecule has 1 heterocycles. The molecule has 0 aliphatic carbocycles. The zero-order valence-electron chi connectivity index (χ0n) is 14.5. The van der Waals surface area contributed by atoms with Crippen LogP contribution in [0.5, 0.6) is 5.75 Å². The molecule has 0 atom stereocenters. The standard InChI is InChI=1S/C19H19N5O2/c1-13(25)22-14-3-5-15(6-4-14)23-18-11-19(21-12-20-18)24-16-7-9-17(26-2)10-8-16/h3-12H,1-2H3,(H,22,25)(H2,20,21,23,24). The molecule has 0 aliphatic rings. The fraction of sp³-hybridized carbons (Fsp3) is 0.105. The molecule has 0 aliphatic heterocycles. The van der Waals surface area contributed by atoms with Crippen LogP contribution in [-0.2, 0) is 4.79 Å². The zero-order chi connectivity index (χ0) is 18.4. The van der Waals surface area contributed by atoms with Crippen molar-refractivity contribution in [3.63, 3.8) is 0 Å². The van der Waals surface area contributed by atoms with E-state index in [0.29, 0.717) is 11.6 Å². The van der Waals surface area contributed by atoms with Crippen molar-refractivity contribution < 1.29 is 9.53 Å². The van der Waals surface area contributed by atoms with Crippen molar-refractivity contribution in [2.24, 2.45) is 0 Å². The lowest BCUT2D eigenvalue weighted by atomic mass is 10.2. The summed E-state index contributed by atoms with van der Waals surface area (Å²) in [6.45, 7) is 1.48. The molecule has 0 bridgehead atoms. The smallest absolute Gasteiger partial charge is 0.221 e. The molecule has 0 saturated carbocycles. The Bertz CT molecular complexity index is 879. The molecule has 26 heavy (non-hydrogen) atoms. The van der Waals surface area contributed by atoms with E-state index in [2.05, 4.69) is 25.9 Å². The number of methoxy groups -OCH3 is 1. The van der Waals surface area contributed by atoms with Gasteiger partial charge in [0.1, 0.15) is 23.7 Å². The highest BCUT2D eigenvalue weighted by Crippen LogP contribution is 2.22. The Balaban J connectivity index is 1.67. The van der Waals surface area contributed by atoms with Gasteiger partial charge < -0.3 is 20.7 Å². The first-order chi connectivity index (χ1) is 12.6. The summed E-state index contributed by atoms with van der Waals surface area (Å²) in [7, 11) is 1.63. The minimum Gasteiger partial charge on any atom is -0.497 e. The van der Waals surface area contributed by atoms with Crippen LogP contribution in [-0.4, -0.2) is 23.0 Å². The number of benzene rings is 2. The van der Waals surface area contributed by atoms with Crippen LogP contribution < -0.4 is 20.7 Å². The van der Waals surface area contributed by atoms with Gasteiger partial charge in [-0.25, -0.2) is 9.97 Å². The highest BCUT2D eigenvalue weighted by Gasteiger charge is 2.02. The predicted octanol–water partition coefficient (Wildman–Crippen LogP) is 3.93. The van der Waals surface area contributed by atoms with Gasteiger partial charge in [0.25, 0.3) is 0 Å². The van der Waals surface area contributed by atoms with Gasteiger partial charge in [0.2, 0.25) is 5.91 Å². The quantitative estimate of drug-likeness (QED) is 0.625. The SMILES string of the molecule is COc1ccc(Nc2cc(Nc3ccc(NC(C)=O)cc3)ncn2)cc1. The molecule has 7 heteroatoms. The number of ether oxygens (including phenoxy) is 1. The van der Waals surface area contributed by atoms with Crippen LogP contribution >= 0.6 is 0 Å². The largest absolute Gasteiger partial charge is 0.497 e. The number of anilines is 5. The van der Waals surface area contributed by atoms with Crippen LogP contribution in [0.25, 0.3) is 0 Å². The van der Waals surface area contributed by atoms with E-state index in [9.17, 15) is 4.79 Å². The molecule has 0 spiro atoms. The topological polar surface area (TPSA) is 88.2 Å². The van der Waals surface area contributed by atoms with Crippen LogP contribution in [0, 0.1) is 0 Å². The molecular formula is C19H19N5O2. The number of nitrogens with zero attached hydrogens (tertiary/aromatic N) is 2. The first kappa shape index (κ1) is 17.2. The summed E-state index contributed by atoms with van der Waals surface area (Å²) >= 11 is 0. The van der Waals surface area contributed by atoms with Crippen LogP contribution in [0.15, 0.2) is 60.9 Å². The Hall–Kier alpha value is -3.61. The zero-order valence-corrected chi connectivity index (χ0v) is 14.5. The number of aromatic nitrogens is 2. The molecule has 132 valence electrons. The monoisotopic (exact) mass is 349 g/mol. The molecule has 0 saturated heterocycles. The maximum Gasteiger partial charge on any atom is 0.221 e. The van der Waals surface area contributed by atoms with Crippen LogP contribution in [0.2, 0.25) is 0 Å². The van der Waals surface area contributed by atoms with Gasteiger partial charge in [0, 0.05) is 30.1 Å². The minimum atomic E-state index is -0.101. The van der Waals surface area contributed by atoms with Gasteiger partial charge >= 0.3 is 0 Å². The van der Waals surface area contributed by atoms with E-state index in [-0.39, 0.29) is 5.91 Å². The second-order valence-electron chi connectivity index (χ2n) is 5.53. The summed E-state index contributed by atoms with van der Waals surface area (Å²) in [4.78, 5) is 19.5. The van der Waals surface area contributed by atoms with Crippen molar-refractivity contribution in [3.8, 4) is 5.75 Å². The molecule has 2 aromatic carbocycles. The lowest BCUT2D eigenvalue weighted by molar-refractivity contribution is -0.114. The number of carbonyl (C=O) groups excluding carboxylic acids is 1. The third-order valence-electron chi connectivity index (χ3n) is 3.51. The van der Waals surface area contributed by atoms with Gasteiger partial charge in [-0.05, 0) is 48.5 Å². The number of nitrogens with one attached hydrogen (secondary N) is 3. The van der Waals surface area contributed by atoms with Gasteiger partial charge in [-0.15, -0.1) is 0 Å². The van der Waals surface area contributed by atoms with Crippen LogP contribution in [0.4, 0.5) is 28.7 Å². The second kappa shape index (κ2) is 7.98. The molecule has 3 N–H and O–H groups in total. The number of carbonyl (C=O) groups is 1. The van der Waals surface area contributed by atoms with Gasteiger partial charge in [-0.2, -0.15) is 0 Å².